The number of carbonyl (C=O) groups excluding carboxylic acids is 2. The number of carbonyl (C=O) groups is 2. The van der Waals surface area contributed by atoms with Gasteiger partial charge in [-0.1, -0.05) is 6.07 Å². The van der Waals surface area contributed by atoms with E-state index in [1.54, 1.807) is 6.92 Å². The molecule has 2 aromatic carbocycles. The van der Waals surface area contributed by atoms with Gasteiger partial charge in [0.25, 0.3) is 0 Å². The molecule has 0 radical (unpaired) electrons. The van der Waals surface area contributed by atoms with Crippen LogP contribution in [0.2, 0.25) is 0 Å². The van der Waals surface area contributed by atoms with Gasteiger partial charge in [-0.3, -0.25) is 4.79 Å². The molecule has 3 rings (SSSR count). The predicted octanol–water partition coefficient (Wildman–Crippen LogP) is 3.82. The Morgan fingerprint density at radius 3 is 2.65 bits per heavy atom. The van der Waals surface area contributed by atoms with Crippen molar-refractivity contribution in [1.82, 2.24) is 10.2 Å². The quantitative estimate of drug-likeness (QED) is 0.863. The van der Waals surface area contributed by atoms with Crippen LogP contribution in [0.1, 0.15) is 26.9 Å². The van der Waals surface area contributed by atoms with Gasteiger partial charge in [0, 0.05) is 20.2 Å². The number of fused-ring (bicyclic) bond motifs is 1. The number of hydrogen-bond acceptors (Lipinski definition) is 2. The Labute approximate surface area is 150 Å². The average molecular weight is 367 g/mol. The second-order valence-electron chi connectivity index (χ2n) is 6.04. The van der Waals surface area contributed by atoms with Gasteiger partial charge in [0.15, 0.2) is 0 Å². The normalized spacial score (nSPS) is 14.5. The van der Waals surface area contributed by atoms with Crippen molar-refractivity contribution in [2.24, 2.45) is 0 Å². The molecule has 0 fully saturated rings. The first-order chi connectivity index (χ1) is 12.3. The predicted molar refractivity (Wildman–Crippen MR) is 93.0 cm³/mol. The number of rotatable bonds is 4. The number of nitrogens with one attached hydrogen (secondary N) is 2. The highest BCUT2D eigenvalue weighted by Crippen LogP contribution is 2.24. The summed E-state index contributed by atoms with van der Waals surface area (Å²) in [6, 6.07) is 5.88. The van der Waals surface area contributed by atoms with Crippen LogP contribution in [0.3, 0.4) is 0 Å². The maximum atomic E-state index is 13.8. The lowest BCUT2D eigenvalue weighted by molar-refractivity contribution is -0.122. The van der Waals surface area contributed by atoms with Crippen molar-refractivity contribution in [2.45, 2.75) is 19.5 Å². The van der Waals surface area contributed by atoms with Gasteiger partial charge in [0.2, 0.25) is 5.91 Å². The van der Waals surface area contributed by atoms with E-state index in [2.05, 4.69) is 10.6 Å². The number of benzene rings is 2. The topological polar surface area (TPSA) is 61.4 Å². The van der Waals surface area contributed by atoms with Gasteiger partial charge >= 0.3 is 6.03 Å². The summed E-state index contributed by atoms with van der Waals surface area (Å²) in [5.41, 5.74) is 1.18. The minimum Gasteiger partial charge on any atom is -0.348 e. The lowest BCUT2D eigenvalue weighted by Crippen LogP contribution is -2.45. The maximum absolute atomic E-state index is 13.8. The van der Waals surface area contributed by atoms with Crippen molar-refractivity contribution in [1.29, 1.82) is 0 Å². The third-order valence-corrected chi connectivity index (χ3v) is 4.10. The van der Waals surface area contributed by atoms with Crippen LogP contribution in [0.25, 0.3) is 0 Å². The summed E-state index contributed by atoms with van der Waals surface area (Å²) < 4.78 is 40.1. The SMILES string of the molecule is C[C@@H](NC(=O)CN1Cc2cc(F)ccc2NC1=O)c1ccc(F)cc1F.[HH].[HH]. The molecule has 0 saturated heterocycles. The molecule has 0 aliphatic carbocycles. The first-order valence-corrected chi connectivity index (χ1v) is 7.92. The Bertz CT molecular complexity index is 883. The molecule has 0 saturated carbocycles. The lowest BCUT2D eigenvalue weighted by atomic mass is 10.1. The molecule has 8 heteroatoms. The first kappa shape index (κ1) is 17.8. The van der Waals surface area contributed by atoms with Crippen molar-refractivity contribution in [3.05, 3.63) is 65.0 Å². The van der Waals surface area contributed by atoms with Crippen LogP contribution < -0.4 is 10.6 Å². The van der Waals surface area contributed by atoms with Crippen molar-refractivity contribution in [2.75, 3.05) is 11.9 Å². The van der Waals surface area contributed by atoms with E-state index in [4.69, 9.17) is 0 Å². The Morgan fingerprint density at radius 1 is 1.23 bits per heavy atom. The van der Waals surface area contributed by atoms with E-state index in [0.717, 1.165) is 12.1 Å². The molecule has 0 spiro atoms. The van der Waals surface area contributed by atoms with E-state index in [1.807, 2.05) is 0 Å². The van der Waals surface area contributed by atoms with Crippen LogP contribution in [-0.4, -0.2) is 23.4 Å². The van der Waals surface area contributed by atoms with Crippen LogP contribution in [0.4, 0.5) is 23.7 Å². The minimum atomic E-state index is -0.766. The van der Waals surface area contributed by atoms with Gasteiger partial charge in [-0.25, -0.2) is 18.0 Å². The fraction of sp³-hybridized carbons (Fsp3) is 0.222. The largest absolute Gasteiger partial charge is 0.348 e. The maximum Gasteiger partial charge on any atom is 0.322 e. The molecule has 5 nitrogen and oxygen atoms in total. The monoisotopic (exact) mass is 367 g/mol. The van der Waals surface area contributed by atoms with E-state index >= 15 is 0 Å². The standard InChI is InChI=1S/C18H16F3N3O2.2H2/c1-10(14-4-2-13(20)7-15(14)21)22-17(25)9-24-8-11-6-12(19)3-5-16(11)23-18(24)26;;/h2-7,10H,8-9H2,1H3,(H,22,25)(H,23,26);2*1H/t10-;;/m1../s1. The van der Waals surface area contributed by atoms with Crippen molar-refractivity contribution >= 4 is 17.6 Å². The minimum absolute atomic E-state index is 0. The third kappa shape index (κ3) is 3.79. The third-order valence-electron chi connectivity index (χ3n) is 4.10. The van der Waals surface area contributed by atoms with Crippen LogP contribution in [0.5, 0.6) is 0 Å². The molecule has 3 amide bonds. The van der Waals surface area contributed by atoms with E-state index in [-0.39, 0.29) is 21.5 Å². The van der Waals surface area contributed by atoms with Crippen LogP contribution in [-0.2, 0) is 11.3 Å². The van der Waals surface area contributed by atoms with Gasteiger partial charge in [0.1, 0.15) is 24.0 Å². The van der Waals surface area contributed by atoms with Gasteiger partial charge in [-0.05, 0) is 36.8 Å². The molecule has 1 aliphatic rings. The Balaban J connectivity index is 0.00000196. The second-order valence-corrected chi connectivity index (χ2v) is 6.04. The van der Waals surface area contributed by atoms with E-state index < -0.39 is 35.4 Å². The van der Waals surface area contributed by atoms with Gasteiger partial charge in [-0.15, -0.1) is 0 Å². The highest BCUT2D eigenvalue weighted by Gasteiger charge is 2.25. The van der Waals surface area contributed by atoms with Crippen LogP contribution >= 0.6 is 0 Å². The summed E-state index contributed by atoms with van der Waals surface area (Å²) in [6.07, 6.45) is 0. The molecule has 0 unspecified atom stereocenters. The molecule has 2 aromatic rings. The molecular formula is C18H20F3N3O2. The number of amides is 3. The van der Waals surface area contributed by atoms with Gasteiger partial charge < -0.3 is 15.5 Å². The van der Waals surface area contributed by atoms with Crippen LogP contribution in [0.15, 0.2) is 36.4 Å². The smallest absolute Gasteiger partial charge is 0.322 e. The fourth-order valence-corrected chi connectivity index (χ4v) is 2.81. The number of halogens is 3. The summed E-state index contributed by atoms with van der Waals surface area (Å²) in [5, 5.41) is 5.14. The molecule has 0 aromatic heterocycles. The highest BCUT2D eigenvalue weighted by atomic mass is 19.1. The zero-order chi connectivity index (χ0) is 18.8. The van der Waals surface area contributed by atoms with E-state index in [0.29, 0.717) is 11.3 Å². The van der Waals surface area contributed by atoms with Crippen molar-refractivity contribution in [3.8, 4) is 0 Å². The number of hydrogen-bond donors (Lipinski definition) is 2. The molecular weight excluding hydrogens is 347 g/mol. The molecule has 140 valence electrons. The molecule has 0 bridgehead atoms. The first-order valence-electron chi connectivity index (χ1n) is 7.92. The molecule has 1 atom stereocenters. The fourth-order valence-electron chi connectivity index (χ4n) is 2.81. The second kappa shape index (κ2) is 7.07. The van der Waals surface area contributed by atoms with Crippen LogP contribution in [0, 0.1) is 17.5 Å². The Kier molecular flexibility index (Phi) is 4.83. The summed E-state index contributed by atoms with van der Waals surface area (Å²) in [4.78, 5) is 25.5. The number of nitrogens with zero attached hydrogens (tertiary/aromatic N) is 1. The van der Waals surface area contributed by atoms with E-state index in [1.165, 1.54) is 29.2 Å². The number of anilines is 1. The van der Waals surface area contributed by atoms with Crippen molar-refractivity contribution < 1.29 is 25.6 Å². The molecule has 2 N–H and O–H groups in total. The Hall–Kier alpha value is -3.03. The average Bonchev–Trinajstić information content (AvgIpc) is 2.55. The zero-order valence-corrected chi connectivity index (χ0v) is 13.9. The van der Waals surface area contributed by atoms with E-state index in [9.17, 15) is 22.8 Å². The molecule has 26 heavy (non-hydrogen) atoms. The summed E-state index contributed by atoms with van der Waals surface area (Å²) in [6.45, 7) is 1.34. The summed E-state index contributed by atoms with van der Waals surface area (Å²) in [7, 11) is 0. The van der Waals surface area contributed by atoms with Crippen molar-refractivity contribution in [3.63, 3.8) is 0 Å². The Morgan fingerprint density at radius 2 is 1.92 bits per heavy atom. The molecule has 1 aliphatic heterocycles. The van der Waals surface area contributed by atoms with Gasteiger partial charge in [0.05, 0.1) is 12.6 Å². The van der Waals surface area contributed by atoms with Gasteiger partial charge in [-0.2, -0.15) is 0 Å². The highest BCUT2D eigenvalue weighted by molar-refractivity contribution is 5.94. The number of urea groups is 1. The summed E-state index contributed by atoms with van der Waals surface area (Å²) >= 11 is 0. The lowest BCUT2D eigenvalue weighted by Gasteiger charge is -2.29. The summed E-state index contributed by atoms with van der Waals surface area (Å²) in [5.74, 6) is -2.43. The molecule has 1 heterocycles. The zero-order valence-electron chi connectivity index (χ0n) is 13.9.